The van der Waals surface area contributed by atoms with Crippen LogP contribution in [-0.2, 0) is 14.2 Å². The number of rotatable bonds is 9. The van der Waals surface area contributed by atoms with Gasteiger partial charge in [-0.1, -0.05) is 23.8 Å². The molecule has 0 amide bonds. The standard InChI is InChI=1S/C15H25NO3/c1-12-4-5-14(13(2)10-12)15(16)11-19-9-8-18-7-6-17-3/h4-5,10,15H,6-9,11,16H2,1-3H3. The van der Waals surface area contributed by atoms with E-state index in [1.807, 2.05) is 0 Å². The zero-order chi connectivity index (χ0) is 14.1. The van der Waals surface area contributed by atoms with Gasteiger partial charge in [0.15, 0.2) is 0 Å². The number of ether oxygens (including phenoxy) is 3. The molecule has 0 aliphatic heterocycles. The zero-order valence-corrected chi connectivity index (χ0v) is 12.1. The lowest BCUT2D eigenvalue weighted by atomic mass is 10.0. The molecule has 0 bridgehead atoms. The molecule has 1 unspecified atom stereocenters. The predicted molar refractivity (Wildman–Crippen MR) is 76.4 cm³/mol. The van der Waals surface area contributed by atoms with E-state index in [-0.39, 0.29) is 6.04 Å². The molecule has 0 spiro atoms. The second-order valence-corrected chi connectivity index (χ2v) is 4.65. The maximum Gasteiger partial charge on any atom is 0.0701 e. The van der Waals surface area contributed by atoms with E-state index < -0.39 is 0 Å². The van der Waals surface area contributed by atoms with Crippen molar-refractivity contribution >= 4 is 0 Å². The fourth-order valence-corrected chi connectivity index (χ4v) is 1.90. The van der Waals surface area contributed by atoms with Crippen molar-refractivity contribution in [3.8, 4) is 0 Å². The maximum atomic E-state index is 6.12. The second-order valence-electron chi connectivity index (χ2n) is 4.65. The van der Waals surface area contributed by atoms with Gasteiger partial charge in [-0.05, 0) is 25.0 Å². The summed E-state index contributed by atoms with van der Waals surface area (Å²) >= 11 is 0. The van der Waals surface area contributed by atoms with Gasteiger partial charge < -0.3 is 19.9 Å². The number of hydrogen-bond donors (Lipinski definition) is 1. The van der Waals surface area contributed by atoms with Gasteiger partial charge in [-0.15, -0.1) is 0 Å². The Morgan fingerprint density at radius 2 is 1.74 bits per heavy atom. The maximum absolute atomic E-state index is 6.12. The molecule has 1 atom stereocenters. The van der Waals surface area contributed by atoms with Crippen molar-refractivity contribution in [3.05, 3.63) is 34.9 Å². The van der Waals surface area contributed by atoms with Crippen LogP contribution in [0.3, 0.4) is 0 Å². The van der Waals surface area contributed by atoms with Gasteiger partial charge in [0.05, 0.1) is 39.1 Å². The van der Waals surface area contributed by atoms with Crippen molar-refractivity contribution < 1.29 is 14.2 Å². The first-order chi connectivity index (χ1) is 9.15. The van der Waals surface area contributed by atoms with Crippen molar-refractivity contribution in [2.45, 2.75) is 19.9 Å². The summed E-state index contributed by atoms with van der Waals surface area (Å²) in [6.07, 6.45) is 0. The van der Waals surface area contributed by atoms with Crippen LogP contribution in [0.1, 0.15) is 22.7 Å². The average Bonchev–Trinajstić information content (AvgIpc) is 2.37. The highest BCUT2D eigenvalue weighted by atomic mass is 16.5. The first kappa shape index (κ1) is 16.1. The summed E-state index contributed by atoms with van der Waals surface area (Å²) < 4.78 is 15.7. The highest BCUT2D eigenvalue weighted by Gasteiger charge is 2.08. The largest absolute Gasteiger partial charge is 0.382 e. The van der Waals surface area contributed by atoms with Crippen LogP contribution in [-0.4, -0.2) is 40.1 Å². The lowest BCUT2D eigenvalue weighted by Gasteiger charge is -2.15. The fourth-order valence-electron chi connectivity index (χ4n) is 1.90. The van der Waals surface area contributed by atoms with Crippen LogP contribution in [0.15, 0.2) is 18.2 Å². The van der Waals surface area contributed by atoms with Gasteiger partial charge in [-0.2, -0.15) is 0 Å². The van der Waals surface area contributed by atoms with Crippen molar-refractivity contribution in [1.82, 2.24) is 0 Å². The van der Waals surface area contributed by atoms with Crippen molar-refractivity contribution in [1.29, 1.82) is 0 Å². The van der Waals surface area contributed by atoms with E-state index in [0.717, 1.165) is 5.56 Å². The van der Waals surface area contributed by atoms with Crippen LogP contribution >= 0.6 is 0 Å². The molecule has 0 aliphatic rings. The van der Waals surface area contributed by atoms with Crippen LogP contribution in [0.2, 0.25) is 0 Å². The predicted octanol–water partition coefficient (Wildman–Crippen LogP) is 1.98. The Morgan fingerprint density at radius 1 is 1.05 bits per heavy atom. The van der Waals surface area contributed by atoms with Gasteiger partial charge in [0.2, 0.25) is 0 Å². The number of methoxy groups -OCH3 is 1. The topological polar surface area (TPSA) is 53.7 Å². The van der Waals surface area contributed by atoms with E-state index in [1.54, 1.807) is 7.11 Å². The summed E-state index contributed by atoms with van der Waals surface area (Å²) in [7, 11) is 1.66. The molecule has 1 rings (SSSR count). The molecule has 0 saturated heterocycles. The first-order valence-electron chi connectivity index (χ1n) is 6.62. The molecular formula is C15H25NO3. The van der Waals surface area contributed by atoms with Gasteiger partial charge in [-0.3, -0.25) is 0 Å². The van der Waals surface area contributed by atoms with E-state index in [2.05, 4.69) is 32.0 Å². The van der Waals surface area contributed by atoms with E-state index in [1.165, 1.54) is 11.1 Å². The molecule has 0 fully saturated rings. The van der Waals surface area contributed by atoms with Gasteiger partial charge in [0.1, 0.15) is 0 Å². The van der Waals surface area contributed by atoms with Crippen LogP contribution in [0.25, 0.3) is 0 Å². The molecule has 0 heterocycles. The van der Waals surface area contributed by atoms with Crippen molar-refractivity contribution in [2.75, 3.05) is 40.1 Å². The van der Waals surface area contributed by atoms with E-state index in [9.17, 15) is 0 Å². The number of aryl methyl sites for hydroxylation is 2. The quantitative estimate of drug-likeness (QED) is 0.695. The van der Waals surface area contributed by atoms with Gasteiger partial charge >= 0.3 is 0 Å². The Labute approximate surface area is 115 Å². The summed E-state index contributed by atoms with van der Waals surface area (Å²) in [4.78, 5) is 0. The smallest absolute Gasteiger partial charge is 0.0701 e. The summed E-state index contributed by atoms with van der Waals surface area (Å²) in [5.41, 5.74) is 9.73. The summed E-state index contributed by atoms with van der Waals surface area (Å²) in [6, 6.07) is 6.21. The lowest BCUT2D eigenvalue weighted by molar-refractivity contribution is 0.0215. The minimum absolute atomic E-state index is 0.0837. The van der Waals surface area contributed by atoms with Gasteiger partial charge in [0, 0.05) is 7.11 Å². The third-order valence-corrected chi connectivity index (χ3v) is 2.93. The monoisotopic (exact) mass is 267 g/mol. The minimum Gasteiger partial charge on any atom is -0.382 e. The van der Waals surface area contributed by atoms with Crippen LogP contribution in [0.4, 0.5) is 0 Å². The molecule has 108 valence electrons. The Balaban J connectivity index is 2.22. The highest BCUT2D eigenvalue weighted by molar-refractivity contribution is 5.32. The van der Waals surface area contributed by atoms with E-state index in [4.69, 9.17) is 19.9 Å². The minimum atomic E-state index is -0.0837. The molecule has 0 aliphatic carbocycles. The molecule has 1 aromatic carbocycles. The summed E-state index contributed by atoms with van der Waals surface area (Å²) in [6.45, 7) is 7.01. The normalized spacial score (nSPS) is 12.6. The Hall–Kier alpha value is -0.940. The zero-order valence-electron chi connectivity index (χ0n) is 12.1. The van der Waals surface area contributed by atoms with Crippen molar-refractivity contribution in [2.24, 2.45) is 5.73 Å². The van der Waals surface area contributed by atoms with Crippen LogP contribution in [0.5, 0.6) is 0 Å². The summed E-state index contributed by atoms with van der Waals surface area (Å²) in [5, 5.41) is 0. The second kappa shape index (κ2) is 9.04. The molecular weight excluding hydrogens is 242 g/mol. The Kier molecular flexibility index (Phi) is 7.67. The van der Waals surface area contributed by atoms with Crippen LogP contribution in [0, 0.1) is 13.8 Å². The Bertz CT molecular complexity index is 368. The highest BCUT2D eigenvalue weighted by Crippen LogP contribution is 2.17. The van der Waals surface area contributed by atoms with Gasteiger partial charge in [0.25, 0.3) is 0 Å². The molecule has 4 heteroatoms. The molecule has 0 saturated carbocycles. The van der Waals surface area contributed by atoms with E-state index in [0.29, 0.717) is 33.0 Å². The fraction of sp³-hybridized carbons (Fsp3) is 0.600. The molecule has 19 heavy (non-hydrogen) atoms. The molecule has 4 nitrogen and oxygen atoms in total. The van der Waals surface area contributed by atoms with Gasteiger partial charge in [-0.25, -0.2) is 0 Å². The SMILES string of the molecule is COCCOCCOCC(N)c1ccc(C)cc1C. The average molecular weight is 267 g/mol. The number of nitrogens with two attached hydrogens (primary N) is 1. The first-order valence-corrected chi connectivity index (χ1v) is 6.62. The summed E-state index contributed by atoms with van der Waals surface area (Å²) in [5.74, 6) is 0. The van der Waals surface area contributed by atoms with Crippen molar-refractivity contribution in [3.63, 3.8) is 0 Å². The molecule has 2 N–H and O–H groups in total. The molecule has 0 aromatic heterocycles. The number of hydrogen-bond acceptors (Lipinski definition) is 4. The third kappa shape index (κ3) is 6.16. The molecule has 1 aromatic rings. The van der Waals surface area contributed by atoms with E-state index >= 15 is 0 Å². The molecule has 0 radical (unpaired) electrons. The third-order valence-electron chi connectivity index (χ3n) is 2.93. The lowest BCUT2D eigenvalue weighted by Crippen LogP contribution is -2.20. The number of benzene rings is 1. The van der Waals surface area contributed by atoms with Crippen LogP contribution < -0.4 is 5.73 Å². The Morgan fingerprint density at radius 3 is 2.42 bits per heavy atom.